The molecule has 0 spiro atoms. The molecule has 28 heavy (non-hydrogen) atoms. The maximum atomic E-state index is 12.0. The topological polar surface area (TPSA) is 86.5 Å². The van der Waals surface area contributed by atoms with Gasteiger partial charge in [0.15, 0.2) is 0 Å². The minimum atomic E-state index is 0.0596. The molecule has 0 bridgehead atoms. The number of fused-ring (bicyclic) bond motifs is 3. The van der Waals surface area contributed by atoms with Gasteiger partial charge in [-0.1, -0.05) is 6.92 Å². The average molecular weight is 381 g/mol. The van der Waals surface area contributed by atoms with Crippen LogP contribution in [-0.2, 0) is 11.4 Å². The van der Waals surface area contributed by atoms with E-state index in [1.165, 1.54) is 0 Å². The molecular weight excluding hydrogens is 354 g/mol. The second kappa shape index (κ2) is 7.80. The van der Waals surface area contributed by atoms with Crippen molar-refractivity contribution < 1.29 is 14.3 Å². The molecule has 6 heteroatoms. The van der Waals surface area contributed by atoms with Crippen LogP contribution in [0, 0.1) is 11.8 Å². The molecule has 2 aliphatic rings. The van der Waals surface area contributed by atoms with E-state index in [2.05, 4.69) is 17.2 Å². The van der Waals surface area contributed by atoms with Crippen molar-refractivity contribution in [3.63, 3.8) is 0 Å². The Hall–Kier alpha value is -2.60. The highest BCUT2D eigenvalue weighted by molar-refractivity contribution is 5.94. The fourth-order valence-corrected chi connectivity index (χ4v) is 3.52. The summed E-state index contributed by atoms with van der Waals surface area (Å²) in [6.45, 7) is 5.23. The summed E-state index contributed by atoms with van der Waals surface area (Å²) < 4.78 is 11.8. The van der Waals surface area contributed by atoms with Crippen LogP contribution in [0.2, 0.25) is 0 Å². The van der Waals surface area contributed by atoms with Crippen molar-refractivity contribution in [2.45, 2.75) is 45.8 Å². The molecular formula is C22H27N3O3. The van der Waals surface area contributed by atoms with Crippen LogP contribution >= 0.6 is 0 Å². The Bertz CT molecular complexity index is 877. The molecule has 2 unspecified atom stereocenters. The van der Waals surface area contributed by atoms with Gasteiger partial charge in [-0.15, -0.1) is 0 Å². The van der Waals surface area contributed by atoms with Crippen LogP contribution in [0.4, 0.5) is 5.82 Å². The van der Waals surface area contributed by atoms with Gasteiger partial charge in [0, 0.05) is 35.3 Å². The van der Waals surface area contributed by atoms with Gasteiger partial charge >= 0.3 is 0 Å². The van der Waals surface area contributed by atoms with E-state index in [1.54, 1.807) is 6.20 Å². The summed E-state index contributed by atoms with van der Waals surface area (Å²) >= 11 is 0. The molecule has 2 atom stereocenters. The molecule has 3 N–H and O–H groups in total. The lowest BCUT2D eigenvalue weighted by Crippen LogP contribution is -2.21. The average Bonchev–Trinajstić information content (AvgIpc) is 3.51. The van der Waals surface area contributed by atoms with E-state index < -0.39 is 0 Å². The molecule has 1 fully saturated rings. The molecule has 1 aromatic heterocycles. The predicted octanol–water partition coefficient (Wildman–Crippen LogP) is 3.74. The Kier molecular flexibility index (Phi) is 5.22. The fourth-order valence-electron chi connectivity index (χ4n) is 3.52. The number of amides is 1. The molecule has 1 aliphatic heterocycles. The number of ether oxygens (including phenoxy) is 2. The van der Waals surface area contributed by atoms with Crippen LogP contribution in [-0.4, -0.2) is 23.5 Å². The number of anilines is 1. The Balaban J connectivity index is 1.49. The van der Waals surface area contributed by atoms with Crippen molar-refractivity contribution in [2.24, 2.45) is 17.6 Å². The Morgan fingerprint density at radius 3 is 2.89 bits per heavy atom. The van der Waals surface area contributed by atoms with Crippen molar-refractivity contribution in [3.8, 4) is 22.6 Å². The normalized spacial score (nSPS) is 17.0. The minimum absolute atomic E-state index is 0.0596. The van der Waals surface area contributed by atoms with Crippen LogP contribution in [0.15, 0.2) is 30.5 Å². The first kappa shape index (κ1) is 18.7. The van der Waals surface area contributed by atoms with Gasteiger partial charge in [-0.25, -0.2) is 4.98 Å². The smallest absolute Gasteiger partial charge is 0.228 e. The van der Waals surface area contributed by atoms with Gasteiger partial charge in [-0.05, 0) is 55.9 Å². The van der Waals surface area contributed by atoms with Gasteiger partial charge in [0.2, 0.25) is 5.91 Å². The number of hydrogen-bond donors (Lipinski definition) is 2. The van der Waals surface area contributed by atoms with E-state index in [0.29, 0.717) is 24.9 Å². The maximum Gasteiger partial charge on any atom is 0.228 e. The van der Waals surface area contributed by atoms with E-state index in [1.807, 2.05) is 31.2 Å². The first-order valence-corrected chi connectivity index (χ1v) is 9.95. The number of nitrogens with zero attached hydrogens (tertiary/aromatic N) is 1. The van der Waals surface area contributed by atoms with Crippen LogP contribution in [0.25, 0.3) is 11.1 Å². The number of rotatable bonds is 7. The molecule has 0 saturated heterocycles. The second-order valence-electron chi connectivity index (χ2n) is 8.07. The van der Waals surface area contributed by atoms with Gasteiger partial charge < -0.3 is 20.5 Å². The summed E-state index contributed by atoms with van der Waals surface area (Å²) in [5.41, 5.74) is 8.89. The van der Waals surface area contributed by atoms with E-state index in [0.717, 1.165) is 47.5 Å². The summed E-state index contributed by atoms with van der Waals surface area (Å²) in [6, 6.07) is 8.00. The van der Waals surface area contributed by atoms with Crippen molar-refractivity contribution in [3.05, 3.63) is 36.0 Å². The number of carbonyl (C=O) groups is 1. The van der Waals surface area contributed by atoms with Gasteiger partial charge in [-0.2, -0.15) is 0 Å². The molecule has 2 heterocycles. The summed E-state index contributed by atoms with van der Waals surface area (Å²) in [7, 11) is 0. The third-order valence-electron chi connectivity index (χ3n) is 5.12. The van der Waals surface area contributed by atoms with E-state index in [9.17, 15) is 4.79 Å². The lowest BCUT2D eigenvalue weighted by molar-refractivity contribution is -0.117. The molecule has 1 amide bonds. The van der Waals surface area contributed by atoms with Crippen molar-refractivity contribution in [2.75, 3.05) is 11.9 Å². The number of nitrogens with one attached hydrogen (secondary N) is 1. The summed E-state index contributed by atoms with van der Waals surface area (Å²) in [5.74, 6) is 2.77. The quantitative estimate of drug-likeness (QED) is 0.763. The molecule has 2 aromatic rings. The molecule has 4 rings (SSSR count). The van der Waals surface area contributed by atoms with Crippen molar-refractivity contribution in [1.82, 2.24) is 4.98 Å². The zero-order valence-electron chi connectivity index (χ0n) is 16.4. The number of aromatic nitrogens is 1. The van der Waals surface area contributed by atoms with E-state index in [4.69, 9.17) is 15.2 Å². The fraction of sp³-hybridized carbons (Fsp3) is 0.455. The summed E-state index contributed by atoms with van der Waals surface area (Å²) in [4.78, 5) is 16.4. The molecule has 6 nitrogen and oxygen atoms in total. The number of carbonyl (C=O) groups excluding carboxylic acids is 1. The Morgan fingerprint density at radius 2 is 2.14 bits per heavy atom. The third-order valence-corrected chi connectivity index (χ3v) is 5.12. The largest absolute Gasteiger partial charge is 0.493 e. The first-order chi connectivity index (χ1) is 13.5. The monoisotopic (exact) mass is 381 g/mol. The molecule has 1 saturated carbocycles. The third kappa shape index (κ3) is 4.28. The lowest BCUT2D eigenvalue weighted by Gasteiger charge is -2.22. The highest BCUT2D eigenvalue weighted by Crippen LogP contribution is 2.40. The number of nitrogens with two attached hydrogens (primary N) is 1. The van der Waals surface area contributed by atoms with Crippen LogP contribution < -0.4 is 20.5 Å². The summed E-state index contributed by atoms with van der Waals surface area (Å²) in [6.07, 6.45) is 4.65. The number of benzene rings is 1. The van der Waals surface area contributed by atoms with E-state index >= 15 is 0 Å². The van der Waals surface area contributed by atoms with Gasteiger partial charge in [0.05, 0.1) is 6.61 Å². The van der Waals surface area contributed by atoms with Crippen LogP contribution in [0.1, 0.15) is 38.7 Å². The number of hydrogen-bond acceptors (Lipinski definition) is 5. The van der Waals surface area contributed by atoms with Gasteiger partial charge in [0.1, 0.15) is 23.9 Å². The van der Waals surface area contributed by atoms with Crippen molar-refractivity contribution in [1.29, 1.82) is 0 Å². The standard InChI is InChI=1S/C22H27N3O3/c1-13(7-14(2)23)11-27-17-5-6-18-19-9-21(25-22(26)15-3-4-15)24-10-16(19)12-28-20(18)8-17/h5-6,8-10,13-15H,3-4,7,11-12,23H2,1-2H3,(H,24,25,26). The SMILES string of the molecule is CC(N)CC(C)COc1ccc2c(c1)OCc1cnc(NC(=O)C3CC3)cc1-2. The molecule has 1 aromatic carbocycles. The second-order valence-corrected chi connectivity index (χ2v) is 8.07. The Morgan fingerprint density at radius 1 is 1.32 bits per heavy atom. The Labute approximate surface area is 165 Å². The molecule has 1 aliphatic carbocycles. The summed E-state index contributed by atoms with van der Waals surface area (Å²) in [5, 5.41) is 2.92. The highest BCUT2D eigenvalue weighted by Gasteiger charge is 2.30. The predicted molar refractivity (Wildman–Crippen MR) is 108 cm³/mol. The van der Waals surface area contributed by atoms with Crippen LogP contribution in [0.5, 0.6) is 11.5 Å². The van der Waals surface area contributed by atoms with E-state index in [-0.39, 0.29) is 17.9 Å². The first-order valence-electron chi connectivity index (χ1n) is 9.95. The highest BCUT2D eigenvalue weighted by atomic mass is 16.5. The number of pyridine rings is 1. The maximum absolute atomic E-state index is 12.0. The molecule has 0 radical (unpaired) electrons. The zero-order chi connectivity index (χ0) is 19.7. The lowest BCUT2D eigenvalue weighted by atomic mass is 9.98. The van der Waals surface area contributed by atoms with Crippen molar-refractivity contribution >= 4 is 11.7 Å². The molecule has 148 valence electrons. The zero-order valence-corrected chi connectivity index (χ0v) is 16.4. The van der Waals surface area contributed by atoms with Crippen LogP contribution in [0.3, 0.4) is 0 Å². The minimum Gasteiger partial charge on any atom is -0.493 e. The van der Waals surface area contributed by atoms with Gasteiger partial charge in [0.25, 0.3) is 0 Å². The van der Waals surface area contributed by atoms with Gasteiger partial charge in [-0.3, -0.25) is 4.79 Å².